The maximum absolute atomic E-state index is 12.0. The van der Waals surface area contributed by atoms with Crippen LogP contribution in [-0.4, -0.2) is 0 Å². The molecule has 0 aliphatic carbocycles. The smallest absolute Gasteiger partial charge is 0.131 e. The van der Waals surface area contributed by atoms with Gasteiger partial charge in [0.05, 0.1) is 0 Å². The molecule has 0 amide bonds. The van der Waals surface area contributed by atoms with Crippen molar-refractivity contribution in [2.24, 2.45) is 0 Å². The summed E-state index contributed by atoms with van der Waals surface area (Å²) in [5.41, 5.74) is 3.78. The Balaban J connectivity index is 0.000000252. The fraction of sp³-hybridized carbons (Fsp3) is 0.143. The molecule has 0 saturated heterocycles. The summed E-state index contributed by atoms with van der Waals surface area (Å²) in [6, 6.07) is 26.7. The van der Waals surface area contributed by atoms with Crippen LogP contribution < -0.4 is 10.6 Å². The Kier molecular flexibility index (Phi) is 8.77. The van der Waals surface area contributed by atoms with Gasteiger partial charge in [-0.05, 0) is 0 Å². The number of hydrogen-bond donors (Lipinski definition) is 0. The van der Waals surface area contributed by atoms with Crippen LogP contribution in [0.2, 0.25) is 0 Å². The number of hydrogen-bond acceptors (Lipinski definition) is 1. The summed E-state index contributed by atoms with van der Waals surface area (Å²) in [5, 5.41) is 1.84. The van der Waals surface area contributed by atoms with E-state index in [9.17, 15) is 4.57 Å². The van der Waals surface area contributed by atoms with Crippen LogP contribution in [0.15, 0.2) is 72.8 Å². The minimum Gasteiger partial charge on any atom is -0.317 e. The van der Waals surface area contributed by atoms with Crippen molar-refractivity contribution >= 4 is 18.4 Å². The van der Waals surface area contributed by atoms with Crippen molar-refractivity contribution in [2.75, 3.05) is 0 Å². The normalized spacial score (nSPS) is 9.67. The molecule has 0 spiro atoms. The quantitative estimate of drug-likeness (QED) is 0.469. The molecule has 0 fully saturated rings. The van der Waals surface area contributed by atoms with Crippen LogP contribution in [-0.2, 0) is 21.3 Å². The van der Waals surface area contributed by atoms with Gasteiger partial charge in [0.2, 0.25) is 0 Å². The number of rotatable bonds is 2. The average molecular weight is 380 g/mol. The van der Waals surface area contributed by atoms with Crippen molar-refractivity contribution in [3.63, 3.8) is 0 Å². The van der Waals surface area contributed by atoms with Crippen molar-refractivity contribution in [1.82, 2.24) is 0 Å². The molecule has 0 unspecified atom stereocenters. The van der Waals surface area contributed by atoms with Gasteiger partial charge in [-0.2, -0.15) is 34.9 Å². The van der Waals surface area contributed by atoms with Gasteiger partial charge in [-0.3, -0.25) is 0 Å². The van der Waals surface area contributed by atoms with E-state index in [0.717, 1.165) is 10.6 Å². The SMILES string of the molecule is Cc1[c-]c(C)cc(C)c1.O=[PH](c1ccccc1)c1ccccc1.[Co]. The fourth-order valence-electron chi connectivity index (χ4n) is 2.45. The summed E-state index contributed by atoms with van der Waals surface area (Å²) in [5.74, 6) is 0. The van der Waals surface area contributed by atoms with Crippen molar-refractivity contribution in [3.05, 3.63) is 95.6 Å². The molecule has 0 atom stereocenters. The molecule has 3 aromatic rings. The van der Waals surface area contributed by atoms with Gasteiger partial charge in [0, 0.05) is 27.4 Å². The summed E-state index contributed by atoms with van der Waals surface area (Å²) in [6.45, 7) is 6.24. The van der Waals surface area contributed by atoms with Gasteiger partial charge in [-0.25, -0.2) is 0 Å². The van der Waals surface area contributed by atoms with Crippen LogP contribution >= 0.6 is 7.80 Å². The Morgan fingerprint density at radius 3 is 1.42 bits per heavy atom. The topological polar surface area (TPSA) is 17.1 Å². The van der Waals surface area contributed by atoms with Crippen LogP contribution in [0.4, 0.5) is 0 Å². The standard InChI is InChI=1S/C12H11OP.C9H11.Co/c13-14(11-7-3-1-4-8-11)12-9-5-2-6-10-12;1-7-4-8(2)6-9(3)5-7;/h1-10,14H;4-5H,1-3H3;/q;-1;. The maximum atomic E-state index is 12.0. The van der Waals surface area contributed by atoms with E-state index < -0.39 is 7.80 Å². The van der Waals surface area contributed by atoms with E-state index in [1.165, 1.54) is 16.7 Å². The zero-order valence-electron chi connectivity index (χ0n) is 14.2. The van der Waals surface area contributed by atoms with Crippen LogP contribution in [0.1, 0.15) is 16.7 Å². The fourth-order valence-corrected chi connectivity index (χ4v) is 3.78. The Morgan fingerprint density at radius 2 is 1.08 bits per heavy atom. The first-order valence-electron chi connectivity index (χ1n) is 7.68. The van der Waals surface area contributed by atoms with Crippen molar-refractivity contribution in [1.29, 1.82) is 0 Å². The van der Waals surface area contributed by atoms with E-state index in [-0.39, 0.29) is 16.8 Å². The van der Waals surface area contributed by atoms with E-state index in [1.807, 2.05) is 60.7 Å². The molecule has 0 aliphatic rings. The third kappa shape index (κ3) is 6.49. The molecule has 3 aromatic carbocycles. The first-order valence-corrected chi connectivity index (χ1v) is 9.09. The monoisotopic (exact) mass is 380 g/mol. The third-order valence-corrected chi connectivity index (χ3v) is 5.07. The van der Waals surface area contributed by atoms with E-state index >= 15 is 0 Å². The Hall–Kier alpha value is -1.60. The molecule has 127 valence electrons. The van der Waals surface area contributed by atoms with E-state index in [2.05, 4.69) is 39.0 Å². The molecule has 1 radical (unpaired) electrons. The van der Waals surface area contributed by atoms with Gasteiger partial charge >= 0.3 is 0 Å². The molecule has 1 nitrogen and oxygen atoms in total. The second-order valence-corrected chi connectivity index (χ2v) is 7.40. The molecule has 3 heteroatoms. The van der Waals surface area contributed by atoms with Crippen LogP contribution in [0.5, 0.6) is 0 Å². The van der Waals surface area contributed by atoms with Gasteiger partial charge in [-0.1, -0.05) is 81.4 Å². The molecule has 0 aromatic heterocycles. The third-order valence-electron chi connectivity index (χ3n) is 3.35. The summed E-state index contributed by atoms with van der Waals surface area (Å²) in [7, 11) is -1.79. The minimum atomic E-state index is -1.79. The van der Waals surface area contributed by atoms with Gasteiger partial charge in [-0.15, -0.1) is 0 Å². The Morgan fingerprint density at radius 1 is 0.708 bits per heavy atom. The largest absolute Gasteiger partial charge is 0.317 e. The first-order chi connectivity index (χ1) is 11.1. The van der Waals surface area contributed by atoms with Gasteiger partial charge < -0.3 is 4.57 Å². The van der Waals surface area contributed by atoms with Crippen molar-refractivity contribution in [3.8, 4) is 0 Å². The molecule has 24 heavy (non-hydrogen) atoms. The van der Waals surface area contributed by atoms with Gasteiger partial charge in [0.15, 0.2) is 0 Å². The minimum absolute atomic E-state index is 0. The van der Waals surface area contributed by atoms with Crippen LogP contribution in [0, 0.1) is 26.8 Å². The van der Waals surface area contributed by atoms with E-state index in [4.69, 9.17) is 0 Å². The molecule has 0 saturated carbocycles. The second kappa shape index (κ2) is 10.3. The van der Waals surface area contributed by atoms with Crippen LogP contribution in [0.3, 0.4) is 0 Å². The summed E-state index contributed by atoms with van der Waals surface area (Å²) >= 11 is 0. The average Bonchev–Trinajstić information content (AvgIpc) is 2.55. The predicted octanol–water partition coefficient (Wildman–Crippen LogP) is 4.61. The molecule has 0 bridgehead atoms. The molecule has 3 rings (SSSR count). The zero-order valence-corrected chi connectivity index (χ0v) is 16.2. The molecular formula is C21H22CoOP-. The summed E-state index contributed by atoms with van der Waals surface area (Å²) in [4.78, 5) is 0. The molecule has 0 heterocycles. The molecular weight excluding hydrogens is 358 g/mol. The van der Waals surface area contributed by atoms with E-state index in [0.29, 0.717) is 0 Å². The second-order valence-electron chi connectivity index (χ2n) is 5.58. The number of benzene rings is 3. The Bertz CT molecular complexity index is 678. The van der Waals surface area contributed by atoms with Gasteiger partial charge in [0.25, 0.3) is 0 Å². The predicted molar refractivity (Wildman–Crippen MR) is 101 cm³/mol. The Labute approximate surface area is 156 Å². The maximum Gasteiger partial charge on any atom is 0.131 e. The molecule has 0 aliphatic heterocycles. The number of aryl methyl sites for hydroxylation is 3. The summed E-state index contributed by atoms with van der Waals surface area (Å²) < 4.78 is 12.0. The van der Waals surface area contributed by atoms with Crippen molar-refractivity contribution in [2.45, 2.75) is 20.8 Å². The molecule has 0 N–H and O–H groups in total. The van der Waals surface area contributed by atoms with Gasteiger partial charge in [0.1, 0.15) is 7.80 Å². The van der Waals surface area contributed by atoms with Crippen molar-refractivity contribution < 1.29 is 21.3 Å². The summed E-state index contributed by atoms with van der Waals surface area (Å²) in [6.07, 6.45) is 0. The zero-order chi connectivity index (χ0) is 16.7. The van der Waals surface area contributed by atoms with Crippen LogP contribution in [0.25, 0.3) is 0 Å². The first kappa shape index (κ1) is 20.4. The van der Waals surface area contributed by atoms with E-state index in [1.54, 1.807) is 0 Å².